The lowest BCUT2D eigenvalue weighted by Gasteiger charge is -2.19. The van der Waals surface area contributed by atoms with E-state index in [0.717, 1.165) is 0 Å². The van der Waals surface area contributed by atoms with E-state index in [4.69, 9.17) is 4.74 Å². The van der Waals surface area contributed by atoms with Crippen LogP contribution in [-0.2, 0) is 14.8 Å². The number of hydrogen-bond acceptors (Lipinski definition) is 4. The van der Waals surface area contributed by atoms with Gasteiger partial charge in [0.25, 0.3) is 5.91 Å². The molecule has 6 nitrogen and oxygen atoms in total. The van der Waals surface area contributed by atoms with E-state index in [-0.39, 0.29) is 16.8 Å². The van der Waals surface area contributed by atoms with E-state index in [9.17, 15) is 13.2 Å². The maximum atomic E-state index is 13.0. The molecule has 7 heteroatoms. The van der Waals surface area contributed by atoms with Crippen LogP contribution in [-0.4, -0.2) is 20.4 Å². The smallest absolute Gasteiger partial charge is 0.270 e. The third kappa shape index (κ3) is 5.68. The van der Waals surface area contributed by atoms with Crippen molar-refractivity contribution in [1.82, 2.24) is 4.72 Å². The lowest BCUT2D eigenvalue weighted by atomic mass is 10.1. The van der Waals surface area contributed by atoms with Gasteiger partial charge >= 0.3 is 0 Å². The first-order chi connectivity index (χ1) is 14.3. The minimum absolute atomic E-state index is 0.134. The zero-order valence-corrected chi connectivity index (χ0v) is 17.6. The second-order valence-electron chi connectivity index (χ2n) is 7.01. The summed E-state index contributed by atoms with van der Waals surface area (Å²) >= 11 is 0. The SMILES string of the molecule is CC(C)NS(=O)(=O)c1ccc(NC(=O)C(Oc2ccccc2)c2ccccc2)cc1. The number of benzene rings is 3. The topological polar surface area (TPSA) is 84.5 Å². The second-order valence-corrected chi connectivity index (χ2v) is 8.73. The van der Waals surface area contributed by atoms with Gasteiger partial charge in [-0.3, -0.25) is 4.79 Å². The average molecular weight is 425 g/mol. The number of para-hydroxylation sites is 1. The maximum Gasteiger partial charge on any atom is 0.270 e. The summed E-state index contributed by atoms with van der Waals surface area (Å²) in [4.78, 5) is 13.1. The highest BCUT2D eigenvalue weighted by molar-refractivity contribution is 7.89. The highest BCUT2D eigenvalue weighted by Crippen LogP contribution is 2.24. The van der Waals surface area contributed by atoms with Crippen molar-refractivity contribution in [2.24, 2.45) is 0 Å². The third-order valence-electron chi connectivity index (χ3n) is 4.16. The van der Waals surface area contributed by atoms with Crippen LogP contribution in [0.3, 0.4) is 0 Å². The monoisotopic (exact) mass is 424 g/mol. The van der Waals surface area contributed by atoms with Gasteiger partial charge in [-0.2, -0.15) is 0 Å². The number of carbonyl (C=O) groups excluding carboxylic acids is 1. The molecule has 3 aromatic rings. The van der Waals surface area contributed by atoms with Crippen molar-refractivity contribution in [3.8, 4) is 5.75 Å². The zero-order chi connectivity index (χ0) is 21.6. The normalized spacial score (nSPS) is 12.4. The van der Waals surface area contributed by atoms with Crippen LogP contribution in [0.15, 0.2) is 89.8 Å². The Morgan fingerprint density at radius 3 is 1.97 bits per heavy atom. The number of carbonyl (C=O) groups is 1. The molecule has 30 heavy (non-hydrogen) atoms. The summed E-state index contributed by atoms with van der Waals surface area (Å²) in [6.45, 7) is 3.51. The summed E-state index contributed by atoms with van der Waals surface area (Å²) < 4.78 is 33.0. The van der Waals surface area contributed by atoms with Crippen molar-refractivity contribution < 1.29 is 17.9 Å². The van der Waals surface area contributed by atoms with E-state index in [1.165, 1.54) is 12.1 Å². The van der Waals surface area contributed by atoms with E-state index in [0.29, 0.717) is 17.0 Å². The molecule has 0 fully saturated rings. The molecule has 0 aromatic heterocycles. The Kier molecular flexibility index (Phi) is 6.87. The molecule has 0 aliphatic heterocycles. The van der Waals surface area contributed by atoms with Gasteiger partial charge in [-0.15, -0.1) is 0 Å². The predicted molar refractivity (Wildman–Crippen MR) is 117 cm³/mol. The number of nitrogens with one attached hydrogen (secondary N) is 2. The summed E-state index contributed by atoms with van der Waals surface area (Å²) in [5.41, 5.74) is 1.18. The third-order valence-corrected chi connectivity index (χ3v) is 5.84. The van der Waals surface area contributed by atoms with Gasteiger partial charge in [0.15, 0.2) is 0 Å². The fraction of sp³-hybridized carbons (Fsp3) is 0.174. The van der Waals surface area contributed by atoms with E-state index >= 15 is 0 Å². The average Bonchev–Trinajstić information content (AvgIpc) is 2.73. The first kappa shape index (κ1) is 21.5. The Hall–Kier alpha value is -3.16. The van der Waals surface area contributed by atoms with Crippen LogP contribution < -0.4 is 14.8 Å². The van der Waals surface area contributed by atoms with Crippen LogP contribution in [0.5, 0.6) is 5.75 Å². The minimum atomic E-state index is -3.59. The fourth-order valence-corrected chi connectivity index (χ4v) is 4.09. The van der Waals surface area contributed by atoms with Gasteiger partial charge in [-0.25, -0.2) is 13.1 Å². The van der Waals surface area contributed by atoms with Crippen LogP contribution in [0.2, 0.25) is 0 Å². The van der Waals surface area contributed by atoms with Gasteiger partial charge in [0.1, 0.15) is 5.75 Å². The molecule has 0 aliphatic carbocycles. The van der Waals surface area contributed by atoms with Gasteiger partial charge in [0.05, 0.1) is 4.90 Å². The summed E-state index contributed by atoms with van der Waals surface area (Å²) in [5, 5.41) is 2.80. The summed E-state index contributed by atoms with van der Waals surface area (Å²) in [7, 11) is -3.59. The van der Waals surface area contributed by atoms with Crippen molar-refractivity contribution >= 4 is 21.6 Å². The molecule has 0 bridgehead atoms. The van der Waals surface area contributed by atoms with E-state index in [1.54, 1.807) is 38.1 Å². The molecular formula is C23H24N2O4S. The summed E-state index contributed by atoms with van der Waals surface area (Å²) in [6, 6.07) is 24.1. The van der Waals surface area contributed by atoms with Crippen molar-refractivity contribution in [2.75, 3.05) is 5.32 Å². The number of ether oxygens (including phenoxy) is 1. The Morgan fingerprint density at radius 2 is 1.40 bits per heavy atom. The first-order valence-corrected chi connectivity index (χ1v) is 11.0. The van der Waals surface area contributed by atoms with E-state index in [2.05, 4.69) is 10.0 Å². The molecule has 0 saturated heterocycles. The molecule has 0 heterocycles. The summed E-state index contributed by atoms with van der Waals surface area (Å²) in [6.07, 6.45) is -0.861. The highest BCUT2D eigenvalue weighted by Gasteiger charge is 2.23. The number of anilines is 1. The Labute approximate surface area is 177 Å². The summed E-state index contributed by atoms with van der Waals surface area (Å²) in [5.74, 6) is 0.212. The molecule has 1 amide bonds. The maximum absolute atomic E-state index is 13.0. The Balaban J connectivity index is 1.79. The van der Waals surface area contributed by atoms with Gasteiger partial charge < -0.3 is 10.1 Å². The van der Waals surface area contributed by atoms with Crippen LogP contribution in [0.25, 0.3) is 0 Å². The zero-order valence-electron chi connectivity index (χ0n) is 16.8. The van der Waals surface area contributed by atoms with Gasteiger partial charge in [0.2, 0.25) is 16.1 Å². The number of sulfonamides is 1. The van der Waals surface area contributed by atoms with Crippen LogP contribution >= 0.6 is 0 Å². The molecule has 2 N–H and O–H groups in total. The number of rotatable bonds is 8. The standard InChI is InChI=1S/C23H24N2O4S/c1-17(2)25-30(27,28)21-15-13-19(14-16-21)24-23(26)22(18-9-5-3-6-10-18)29-20-11-7-4-8-12-20/h3-17,22,25H,1-2H3,(H,24,26). The van der Waals surface area contributed by atoms with E-state index in [1.807, 2.05) is 48.5 Å². The molecule has 0 spiro atoms. The Morgan fingerprint density at radius 1 is 0.833 bits per heavy atom. The minimum Gasteiger partial charge on any atom is -0.476 e. The fourth-order valence-electron chi connectivity index (χ4n) is 2.84. The molecule has 0 aliphatic rings. The van der Waals surface area contributed by atoms with E-state index < -0.39 is 16.1 Å². The lowest BCUT2D eigenvalue weighted by molar-refractivity contribution is -0.123. The highest BCUT2D eigenvalue weighted by atomic mass is 32.2. The molecule has 1 unspecified atom stereocenters. The quantitative estimate of drug-likeness (QED) is 0.569. The van der Waals surface area contributed by atoms with Crippen LogP contribution in [0.1, 0.15) is 25.5 Å². The molecule has 1 atom stereocenters. The van der Waals surface area contributed by atoms with Crippen LogP contribution in [0.4, 0.5) is 5.69 Å². The number of hydrogen-bond donors (Lipinski definition) is 2. The largest absolute Gasteiger partial charge is 0.476 e. The van der Waals surface area contributed by atoms with Gasteiger partial charge in [-0.1, -0.05) is 48.5 Å². The molecule has 3 rings (SSSR count). The molecule has 0 saturated carbocycles. The number of amides is 1. The second kappa shape index (κ2) is 9.56. The van der Waals surface area contributed by atoms with Gasteiger partial charge in [0, 0.05) is 17.3 Å². The lowest BCUT2D eigenvalue weighted by Crippen LogP contribution is -2.30. The predicted octanol–water partition coefficient (Wildman–Crippen LogP) is 4.13. The van der Waals surface area contributed by atoms with Gasteiger partial charge in [-0.05, 0) is 50.2 Å². The Bertz CT molecular complexity index is 1070. The molecular weight excluding hydrogens is 400 g/mol. The van der Waals surface area contributed by atoms with Crippen molar-refractivity contribution in [2.45, 2.75) is 30.9 Å². The molecule has 156 valence electrons. The van der Waals surface area contributed by atoms with Crippen molar-refractivity contribution in [3.05, 3.63) is 90.5 Å². The van der Waals surface area contributed by atoms with Crippen molar-refractivity contribution in [3.63, 3.8) is 0 Å². The van der Waals surface area contributed by atoms with Crippen molar-refractivity contribution in [1.29, 1.82) is 0 Å². The molecule has 3 aromatic carbocycles. The van der Waals surface area contributed by atoms with Crippen LogP contribution in [0, 0.1) is 0 Å². The first-order valence-electron chi connectivity index (χ1n) is 9.55. The molecule has 0 radical (unpaired) electrons.